The molecule has 74 valence electrons. The molecule has 6 heteroatoms. The molecule has 0 radical (unpaired) electrons. The summed E-state index contributed by atoms with van der Waals surface area (Å²) >= 11 is 0. The molecule has 1 fully saturated rings. The average molecular weight is 196 g/mol. The SMILES string of the molecule is O=C1CCC(=O)C1C(O)C(F)(F)F. The summed E-state index contributed by atoms with van der Waals surface area (Å²) in [5.74, 6) is -3.54. The number of ketones is 2. The molecule has 0 bridgehead atoms. The summed E-state index contributed by atoms with van der Waals surface area (Å²) in [6.45, 7) is 0. The Bertz CT molecular complexity index is 230. The topological polar surface area (TPSA) is 54.4 Å². The molecule has 13 heavy (non-hydrogen) atoms. The van der Waals surface area contributed by atoms with Crippen molar-refractivity contribution in [3.8, 4) is 0 Å². The van der Waals surface area contributed by atoms with E-state index in [0.717, 1.165) is 0 Å². The van der Waals surface area contributed by atoms with E-state index >= 15 is 0 Å². The molecule has 0 aromatic carbocycles. The average Bonchev–Trinajstić information content (AvgIpc) is 2.28. The van der Waals surface area contributed by atoms with Crippen molar-refractivity contribution in [2.45, 2.75) is 25.1 Å². The molecule has 1 rings (SSSR count). The second-order valence-electron chi connectivity index (χ2n) is 2.90. The lowest BCUT2D eigenvalue weighted by atomic mass is 9.99. The van der Waals surface area contributed by atoms with Crippen LogP contribution in [-0.2, 0) is 9.59 Å². The number of halogens is 3. The third-order valence-corrected chi connectivity index (χ3v) is 1.96. The largest absolute Gasteiger partial charge is 0.415 e. The summed E-state index contributed by atoms with van der Waals surface area (Å²) in [5.41, 5.74) is 0. The maximum atomic E-state index is 11.9. The zero-order chi connectivity index (χ0) is 10.2. The van der Waals surface area contributed by atoms with Crippen molar-refractivity contribution < 1.29 is 27.9 Å². The molecule has 3 nitrogen and oxygen atoms in total. The molecule has 0 aromatic rings. The van der Waals surface area contributed by atoms with Crippen molar-refractivity contribution in [1.82, 2.24) is 0 Å². The standard InChI is InChI=1S/C7H7F3O3/c8-7(9,10)6(13)5-3(11)1-2-4(5)12/h5-6,13H,1-2H2. The molecule has 0 amide bonds. The van der Waals surface area contributed by atoms with Gasteiger partial charge in [-0.15, -0.1) is 0 Å². The highest BCUT2D eigenvalue weighted by atomic mass is 19.4. The molecule has 0 saturated heterocycles. The Labute approximate surface area is 71.5 Å². The molecule has 1 aliphatic carbocycles. The lowest BCUT2D eigenvalue weighted by Gasteiger charge is -2.18. The van der Waals surface area contributed by atoms with Crippen LogP contribution >= 0.6 is 0 Å². The van der Waals surface area contributed by atoms with Crippen LogP contribution in [-0.4, -0.2) is 29.0 Å². The molecule has 1 atom stereocenters. The Kier molecular flexibility index (Phi) is 2.42. The zero-order valence-electron chi connectivity index (χ0n) is 6.47. The molecule has 1 N–H and O–H groups in total. The molecular formula is C7H7F3O3. The van der Waals surface area contributed by atoms with Gasteiger partial charge in [0.1, 0.15) is 17.5 Å². The molecule has 1 unspecified atom stereocenters. The highest BCUT2D eigenvalue weighted by Crippen LogP contribution is 2.31. The maximum Gasteiger partial charge on any atom is 0.415 e. The van der Waals surface area contributed by atoms with E-state index in [1.54, 1.807) is 0 Å². The van der Waals surface area contributed by atoms with Crippen LogP contribution < -0.4 is 0 Å². The lowest BCUT2D eigenvalue weighted by molar-refractivity contribution is -0.216. The molecule has 0 spiro atoms. The normalized spacial score (nSPS) is 22.5. The Morgan fingerprint density at radius 1 is 1.23 bits per heavy atom. The Morgan fingerprint density at radius 3 is 1.92 bits per heavy atom. The highest BCUT2D eigenvalue weighted by Gasteiger charge is 2.51. The molecular weight excluding hydrogens is 189 g/mol. The highest BCUT2D eigenvalue weighted by molar-refractivity contribution is 6.09. The van der Waals surface area contributed by atoms with Gasteiger partial charge in [0.05, 0.1) is 0 Å². The van der Waals surface area contributed by atoms with Gasteiger partial charge in [-0.25, -0.2) is 0 Å². The number of aliphatic hydroxyl groups excluding tert-OH is 1. The molecule has 1 aliphatic rings. The van der Waals surface area contributed by atoms with Gasteiger partial charge < -0.3 is 5.11 Å². The van der Waals surface area contributed by atoms with Crippen LogP contribution in [0.5, 0.6) is 0 Å². The summed E-state index contributed by atoms with van der Waals surface area (Å²) in [6, 6.07) is 0. The van der Waals surface area contributed by atoms with E-state index in [1.165, 1.54) is 0 Å². The first-order valence-corrected chi connectivity index (χ1v) is 3.64. The van der Waals surface area contributed by atoms with E-state index in [9.17, 15) is 22.8 Å². The minimum atomic E-state index is -4.90. The van der Waals surface area contributed by atoms with Crippen molar-refractivity contribution in [3.05, 3.63) is 0 Å². The van der Waals surface area contributed by atoms with Crippen molar-refractivity contribution in [1.29, 1.82) is 0 Å². The van der Waals surface area contributed by atoms with Gasteiger partial charge in [0.25, 0.3) is 0 Å². The third-order valence-electron chi connectivity index (χ3n) is 1.96. The first-order chi connectivity index (χ1) is 5.84. The molecule has 0 aromatic heterocycles. The van der Waals surface area contributed by atoms with Crippen LogP contribution in [0.15, 0.2) is 0 Å². The maximum absolute atomic E-state index is 11.9. The Hall–Kier alpha value is -0.910. The number of aliphatic hydroxyl groups is 1. The number of Topliss-reactive ketones (excluding diaryl/α,β-unsaturated/α-hetero) is 2. The number of carbonyl (C=O) groups excluding carboxylic acids is 2. The molecule has 0 aliphatic heterocycles. The zero-order valence-corrected chi connectivity index (χ0v) is 6.47. The predicted octanol–water partition coefficient (Wildman–Crippen LogP) is 0.458. The fraction of sp³-hybridized carbons (Fsp3) is 0.714. The van der Waals surface area contributed by atoms with E-state index in [1.807, 2.05) is 0 Å². The fourth-order valence-corrected chi connectivity index (χ4v) is 1.28. The lowest BCUT2D eigenvalue weighted by Crippen LogP contribution is -2.40. The van der Waals surface area contributed by atoms with Crippen LogP contribution in [0, 0.1) is 5.92 Å². The van der Waals surface area contributed by atoms with Crippen LogP contribution in [0.2, 0.25) is 0 Å². The number of hydrogen-bond donors (Lipinski definition) is 1. The minimum absolute atomic E-state index is 0.198. The van der Waals surface area contributed by atoms with Gasteiger partial charge in [0.2, 0.25) is 0 Å². The van der Waals surface area contributed by atoms with Gasteiger partial charge in [0.15, 0.2) is 6.10 Å². The predicted molar refractivity (Wildman–Crippen MR) is 34.8 cm³/mol. The van der Waals surface area contributed by atoms with Crippen LogP contribution in [0.25, 0.3) is 0 Å². The summed E-state index contributed by atoms with van der Waals surface area (Å²) in [4.78, 5) is 21.6. The number of hydrogen-bond acceptors (Lipinski definition) is 3. The van der Waals surface area contributed by atoms with Gasteiger partial charge in [-0.1, -0.05) is 0 Å². The van der Waals surface area contributed by atoms with Gasteiger partial charge in [0, 0.05) is 12.8 Å². The molecule has 1 saturated carbocycles. The Morgan fingerprint density at radius 2 is 1.62 bits per heavy atom. The smallest absolute Gasteiger partial charge is 0.383 e. The summed E-state index contributed by atoms with van der Waals surface area (Å²) in [6.07, 6.45) is -8.14. The third kappa shape index (κ3) is 1.88. The van der Waals surface area contributed by atoms with Crippen molar-refractivity contribution >= 4 is 11.6 Å². The second kappa shape index (κ2) is 3.10. The number of alkyl halides is 3. The van der Waals surface area contributed by atoms with Crippen molar-refractivity contribution in [2.24, 2.45) is 5.92 Å². The van der Waals surface area contributed by atoms with Crippen LogP contribution in [0.3, 0.4) is 0 Å². The van der Waals surface area contributed by atoms with E-state index in [-0.39, 0.29) is 12.8 Å². The van der Waals surface area contributed by atoms with Crippen LogP contribution in [0.1, 0.15) is 12.8 Å². The van der Waals surface area contributed by atoms with E-state index in [4.69, 9.17) is 5.11 Å². The van der Waals surface area contributed by atoms with E-state index < -0.39 is 29.8 Å². The first kappa shape index (κ1) is 10.2. The van der Waals surface area contributed by atoms with Crippen molar-refractivity contribution in [3.63, 3.8) is 0 Å². The summed E-state index contributed by atoms with van der Waals surface area (Å²) in [7, 11) is 0. The fourth-order valence-electron chi connectivity index (χ4n) is 1.28. The van der Waals surface area contributed by atoms with Gasteiger partial charge in [-0.05, 0) is 0 Å². The second-order valence-corrected chi connectivity index (χ2v) is 2.90. The van der Waals surface area contributed by atoms with Gasteiger partial charge >= 0.3 is 6.18 Å². The Balaban J connectivity index is 2.82. The summed E-state index contributed by atoms with van der Waals surface area (Å²) < 4.78 is 35.7. The monoisotopic (exact) mass is 196 g/mol. The van der Waals surface area contributed by atoms with Gasteiger partial charge in [-0.3, -0.25) is 9.59 Å². The molecule has 0 heterocycles. The summed E-state index contributed by atoms with van der Waals surface area (Å²) in [5, 5.41) is 8.66. The van der Waals surface area contributed by atoms with Crippen molar-refractivity contribution in [2.75, 3.05) is 0 Å². The number of rotatable bonds is 1. The minimum Gasteiger partial charge on any atom is -0.383 e. The first-order valence-electron chi connectivity index (χ1n) is 3.64. The quantitative estimate of drug-likeness (QED) is 0.620. The van der Waals surface area contributed by atoms with Gasteiger partial charge in [-0.2, -0.15) is 13.2 Å². The van der Waals surface area contributed by atoms with E-state index in [2.05, 4.69) is 0 Å². The van der Waals surface area contributed by atoms with Crippen LogP contribution in [0.4, 0.5) is 13.2 Å². The van der Waals surface area contributed by atoms with E-state index in [0.29, 0.717) is 0 Å². The number of carbonyl (C=O) groups is 2.